The second kappa shape index (κ2) is 4.65. The van der Waals surface area contributed by atoms with Gasteiger partial charge in [0.05, 0.1) is 6.10 Å². The lowest BCUT2D eigenvalue weighted by Gasteiger charge is -2.33. The van der Waals surface area contributed by atoms with Crippen LogP contribution in [-0.2, 0) is 0 Å². The number of rotatable bonds is 3. The molecule has 1 unspecified atom stereocenters. The molecule has 0 aliphatic heterocycles. The van der Waals surface area contributed by atoms with Gasteiger partial charge in [0.2, 0.25) is 0 Å². The van der Waals surface area contributed by atoms with Crippen molar-refractivity contribution in [1.82, 2.24) is 0 Å². The molecule has 3 rings (SSSR count). The largest absolute Gasteiger partial charge is 0.388 e. The van der Waals surface area contributed by atoms with Crippen molar-refractivity contribution in [2.24, 2.45) is 11.1 Å². The molecule has 0 bridgehead atoms. The maximum Gasteiger partial charge on any atom is 0.0872 e. The van der Waals surface area contributed by atoms with Gasteiger partial charge in [0, 0.05) is 16.7 Å². The number of benzene rings is 1. The Morgan fingerprint density at radius 2 is 2.00 bits per heavy atom. The van der Waals surface area contributed by atoms with Crippen LogP contribution < -0.4 is 5.73 Å². The van der Waals surface area contributed by atoms with Crippen molar-refractivity contribution in [3.05, 3.63) is 35.2 Å². The summed E-state index contributed by atoms with van der Waals surface area (Å²) in [6.07, 6.45) is 4.07. The molecule has 0 amide bonds. The van der Waals surface area contributed by atoms with Gasteiger partial charge in [-0.25, -0.2) is 0 Å². The summed E-state index contributed by atoms with van der Waals surface area (Å²) >= 11 is 1.71. The zero-order valence-corrected chi connectivity index (χ0v) is 11.2. The van der Waals surface area contributed by atoms with E-state index in [1.54, 1.807) is 11.3 Å². The smallest absolute Gasteiger partial charge is 0.0872 e. The minimum atomic E-state index is -0.416. The van der Waals surface area contributed by atoms with Gasteiger partial charge in [-0.2, -0.15) is 0 Å². The molecular formula is C15H19NOS. The highest BCUT2D eigenvalue weighted by molar-refractivity contribution is 7.17. The fourth-order valence-corrected chi connectivity index (χ4v) is 4.19. The van der Waals surface area contributed by atoms with Gasteiger partial charge >= 0.3 is 0 Å². The monoisotopic (exact) mass is 261 g/mol. The Kier molecular flexibility index (Phi) is 3.14. The van der Waals surface area contributed by atoms with E-state index in [-0.39, 0.29) is 5.41 Å². The molecule has 1 heterocycles. The summed E-state index contributed by atoms with van der Waals surface area (Å²) in [5, 5.41) is 14.1. The molecular weight excluding hydrogens is 242 g/mol. The lowest BCUT2D eigenvalue weighted by atomic mass is 9.77. The Morgan fingerprint density at radius 3 is 2.72 bits per heavy atom. The molecule has 1 aromatic carbocycles. The van der Waals surface area contributed by atoms with Gasteiger partial charge in [-0.3, -0.25) is 0 Å². The molecule has 3 heteroatoms. The van der Waals surface area contributed by atoms with Gasteiger partial charge in [0.15, 0.2) is 0 Å². The molecule has 18 heavy (non-hydrogen) atoms. The average Bonchev–Trinajstić information content (AvgIpc) is 3.05. The number of aliphatic hydroxyl groups excluding tert-OH is 1. The zero-order valence-electron chi connectivity index (χ0n) is 10.4. The van der Waals surface area contributed by atoms with Crippen LogP contribution in [0, 0.1) is 5.41 Å². The van der Waals surface area contributed by atoms with E-state index < -0.39 is 6.10 Å². The van der Waals surface area contributed by atoms with Crippen molar-refractivity contribution in [3.63, 3.8) is 0 Å². The first kappa shape index (κ1) is 12.2. The number of fused-ring (bicyclic) bond motifs is 1. The molecule has 1 fully saturated rings. The summed E-state index contributed by atoms with van der Waals surface area (Å²) in [5.74, 6) is 0. The van der Waals surface area contributed by atoms with E-state index in [0.717, 1.165) is 18.4 Å². The topological polar surface area (TPSA) is 46.2 Å². The number of nitrogens with two attached hydrogens (primary N) is 1. The standard InChI is InChI=1S/C15H19NOS/c16-10-15(7-3-4-8-15)14(17)12-9-18-13-6-2-1-5-11(12)13/h1-2,5-6,9,14,17H,3-4,7-8,10,16H2. The zero-order chi connectivity index (χ0) is 12.6. The van der Waals surface area contributed by atoms with E-state index >= 15 is 0 Å². The fourth-order valence-electron chi connectivity index (χ4n) is 3.21. The van der Waals surface area contributed by atoms with Crippen LogP contribution >= 0.6 is 11.3 Å². The van der Waals surface area contributed by atoms with Crippen LogP contribution in [0.3, 0.4) is 0 Å². The second-order valence-electron chi connectivity index (χ2n) is 5.36. The normalized spacial score (nSPS) is 20.3. The highest BCUT2D eigenvalue weighted by Crippen LogP contribution is 2.48. The van der Waals surface area contributed by atoms with Crippen molar-refractivity contribution in [2.45, 2.75) is 31.8 Å². The predicted octanol–water partition coefficient (Wildman–Crippen LogP) is 3.45. The molecule has 0 saturated heterocycles. The van der Waals surface area contributed by atoms with Gasteiger partial charge in [-0.15, -0.1) is 11.3 Å². The van der Waals surface area contributed by atoms with Gasteiger partial charge < -0.3 is 10.8 Å². The summed E-state index contributed by atoms with van der Waals surface area (Å²) in [6, 6.07) is 8.29. The molecule has 2 nitrogen and oxygen atoms in total. The highest BCUT2D eigenvalue weighted by atomic mass is 32.1. The first-order valence-corrected chi connectivity index (χ1v) is 7.49. The number of hydrogen-bond donors (Lipinski definition) is 2. The van der Waals surface area contributed by atoms with Gasteiger partial charge in [-0.05, 0) is 35.2 Å². The van der Waals surface area contributed by atoms with Crippen LogP contribution in [0.5, 0.6) is 0 Å². The van der Waals surface area contributed by atoms with Crippen LogP contribution in [0.4, 0.5) is 0 Å². The first-order chi connectivity index (χ1) is 8.77. The maximum atomic E-state index is 10.8. The first-order valence-electron chi connectivity index (χ1n) is 6.61. The minimum Gasteiger partial charge on any atom is -0.388 e. The molecule has 2 aromatic rings. The van der Waals surface area contributed by atoms with E-state index in [1.165, 1.54) is 22.9 Å². The summed E-state index contributed by atoms with van der Waals surface area (Å²) in [6.45, 7) is 0.582. The van der Waals surface area contributed by atoms with E-state index in [9.17, 15) is 5.11 Å². The van der Waals surface area contributed by atoms with E-state index in [2.05, 4.69) is 17.5 Å². The van der Waals surface area contributed by atoms with E-state index in [1.807, 2.05) is 12.1 Å². The Bertz CT molecular complexity index is 542. The Morgan fingerprint density at radius 1 is 1.28 bits per heavy atom. The molecule has 1 aromatic heterocycles. The maximum absolute atomic E-state index is 10.8. The minimum absolute atomic E-state index is 0.0934. The summed E-state index contributed by atoms with van der Waals surface area (Å²) in [7, 11) is 0. The lowest BCUT2D eigenvalue weighted by molar-refractivity contribution is 0.0347. The number of thiophene rings is 1. The third-order valence-electron chi connectivity index (χ3n) is 4.39. The SMILES string of the molecule is NCC1(C(O)c2csc3ccccc23)CCCC1. The molecule has 1 aliphatic carbocycles. The number of aliphatic hydroxyl groups is 1. The Balaban J connectivity index is 2.03. The van der Waals surface area contributed by atoms with Crippen LogP contribution in [0.15, 0.2) is 29.6 Å². The molecule has 1 saturated carbocycles. The molecule has 3 N–H and O–H groups in total. The van der Waals surface area contributed by atoms with Crippen molar-refractivity contribution in [2.75, 3.05) is 6.54 Å². The van der Waals surface area contributed by atoms with Gasteiger partial charge in [0.1, 0.15) is 0 Å². The van der Waals surface area contributed by atoms with Crippen molar-refractivity contribution < 1.29 is 5.11 Å². The van der Waals surface area contributed by atoms with Crippen LogP contribution in [-0.4, -0.2) is 11.7 Å². The summed E-state index contributed by atoms with van der Waals surface area (Å²) in [4.78, 5) is 0. The van der Waals surface area contributed by atoms with Gasteiger partial charge in [0.25, 0.3) is 0 Å². The summed E-state index contributed by atoms with van der Waals surface area (Å²) in [5.41, 5.74) is 6.94. The van der Waals surface area contributed by atoms with Crippen LogP contribution in [0.2, 0.25) is 0 Å². The molecule has 96 valence electrons. The molecule has 0 radical (unpaired) electrons. The van der Waals surface area contributed by atoms with Crippen molar-refractivity contribution in [1.29, 1.82) is 0 Å². The highest BCUT2D eigenvalue weighted by Gasteiger charge is 2.40. The summed E-state index contributed by atoms with van der Waals surface area (Å²) < 4.78 is 1.25. The fraction of sp³-hybridized carbons (Fsp3) is 0.467. The Hall–Kier alpha value is -0.900. The predicted molar refractivity (Wildman–Crippen MR) is 76.7 cm³/mol. The number of hydrogen-bond acceptors (Lipinski definition) is 3. The van der Waals surface area contributed by atoms with E-state index in [0.29, 0.717) is 6.54 Å². The molecule has 1 atom stereocenters. The molecule has 1 aliphatic rings. The second-order valence-corrected chi connectivity index (χ2v) is 6.27. The van der Waals surface area contributed by atoms with Crippen molar-refractivity contribution in [3.8, 4) is 0 Å². The third-order valence-corrected chi connectivity index (χ3v) is 5.37. The van der Waals surface area contributed by atoms with Gasteiger partial charge in [-0.1, -0.05) is 31.0 Å². The average molecular weight is 261 g/mol. The third kappa shape index (κ3) is 1.78. The van der Waals surface area contributed by atoms with E-state index in [4.69, 9.17) is 5.73 Å². The van der Waals surface area contributed by atoms with Crippen LogP contribution in [0.25, 0.3) is 10.1 Å². The van der Waals surface area contributed by atoms with Crippen LogP contribution in [0.1, 0.15) is 37.4 Å². The lowest BCUT2D eigenvalue weighted by Crippen LogP contribution is -2.34. The van der Waals surface area contributed by atoms with Crippen molar-refractivity contribution >= 4 is 21.4 Å². The Labute approximate surface area is 111 Å². The quantitative estimate of drug-likeness (QED) is 0.889. The molecule has 0 spiro atoms.